The topological polar surface area (TPSA) is 121 Å². The van der Waals surface area contributed by atoms with Gasteiger partial charge in [0.1, 0.15) is 5.76 Å². The third-order valence-electron chi connectivity index (χ3n) is 5.09. The maximum Gasteiger partial charge on any atom is 0.256 e. The SMILES string of the molecule is CC(C)(C)[C@@H](Nc1nsnc1Nc1csc(S(=O)(=O)N2CCCC2)c1O)c1ccco1. The standard InChI is InChI=1S/C19H25N5O4S3/c1-19(2,3)15(13-7-6-10-28-13)21-17-16(22-30-23-17)20-12-11-29-18(14(12)25)31(26,27)24-8-4-5-9-24/h6-7,10-11,15,25H,4-5,8-9H2,1-3H3,(H,20,22)(H,21,23)/t15-/m0/s1. The largest absolute Gasteiger partial charge is 0.504 e. The van der Waals surface area contributed by atoms with Crippen LogP contribution in [0.2, 0.25) is 0 Å². The summed E-state index contributed by atoms with van der Waals surface area (Å²) in [5, 5.41) is 18.6. The summed E-state index contributed by atoms with van der Waals surface area (Å²) < 4.78 is 41.2. The Kier molecular flexibility index (Phi) is 5.99. The highest BCUT2D eigenvalue weighted by Gasteiger charge is 2.33. The number of anilines is 3. The predicted molar refractivity (Wildman–Crippen MR) is 122 cm³/mol. The third-order valence-corrected chi connectivity index (χ3v) is 9.00. The molecule has 0 radical (unpaired) electrons. The van der Waals surface area contributed by atoms with Gasteiger partial charge in [0, 0.05) is 18.5 Å². The van der Waals surface area contributed by atoms with Crippen LogP contribution < -0.4 is 10.6 Å². The summed E-state index contributed by atoms with van der Waals surface area (Å²) in [6.07, 6.45) is 3.29. The molecule has 4 rings (SSSR count). The monoisotopic (exact) mass is 483 g/mol. The van der Waals surface area contributed by atoms with E-state index in [9.17, 15) is 13.5 Å². The molecule has 1 fully saturated rings. The molecule has 1 aliphatic heterocycles. The Morgan fingerprint density at radius 3 is 2.58 bits per heavy atom. The second kappa shape index (κ2) is 8.41. The molecule has 3 aromatic heterocycles. The van der Waals surface area contributed by atoms with Crippen LogP contribution in [0.1, 0.15) is 45.4 Å². The molecule has 0 aliphatic carbocycles. The summed E-state index contributed by atoms with van der Waals surface area (Å²) in [5.41, 5.74) is 0.101. The van der Waals surface area contributed by atoms with Crippen LogP contribution in [0.15, 0.2) is 32.4 Å². The summed E-state index contributed by atoms with van der Waals surface area (Å²) in [5.74, 6) is 1.37. The lowest BCUT2D eigenvalue weighted by molar-refractivity contribution is 0.304. The van der Waals surface area contributed by atoms with Gasteiger partial charge >= 0.3 is 0 Å². The lowest BCUT2D eigenvalue weighted by Gasteiger charge is -2.30. The number of thiophene rings is 1. The van der Waals surface area contributed by atoms with E-state index in [0.29, 0.717) is 24.7 Å². The molecule has 0 spiro atoms. The quantitative estimate of drug-likeness (QED) is 0.445. The Labute approximate surface area is 189 Å². The number of sulfonamides is 1. The molecule has 9 nitrogen and oxygen atoms in total. The van der Waals surface area contributed by atoms with Gasteiger partial charge in [-0.15, -0.1) is 11.3 Å². The van der Waals surface area contributed by atoms with Crippen molar-refractivity contribution in [3.05, 3.63) is 29.5 Å². The highest BCUT2D eigenvalue weighted by molar-refractivity contribution is 7.91. The van der Waals surface area contributed by atoms with Crippen molar-refractivity contribution in [2.24, 2.45) is 5.41 Å². The fraction of sp³-hybridized carbons (Fsp3) is 0.474. The van der Waals surface area contributed by atoms with Crippen LogP contribution >= 0.6 is 23.1 Å². The first kappa shape index (κ1) is 22.1. The number of aromatic hydroxyl groups is 1. The number of hydrogen-bond donors (Lipinski definition) is 3. The average molecular weight is 484 g/mol. The van der Waals surface area contributed by atoms with Gasteiger partial charge < -0.3 is 20.2 Å². The summed E-state index contributed by atoms with van der Waals surface area (Å²) in [7, 11) is -3.71. The minimum absolute atomic E-state index is 0.0576. The number of furan rings is 1. The average Bonchev–Trinajstić information content (AvgIpc) is 3.49. The van der Waals surface area contributed by atoms with E-state index in [2.05, 4.69) is 40.2 Å². The van der Waals surface area contributed by atoms with Gasteiger partial charge in [0.15, 0.2) is 21.6 Å². The third kappa shape index (κ3) is 4.43. The Morgan fingerprint density at radius 2 is 1.94 bits per heavy atom. The first-order valence-electron chi connectivity index (χ1n) is 9.88. The van der Waals surface area contributed by atoms with Gasteiger partial charge in [-0.3, -0.25) is 0 Å². The second-order valence-electron chi connectivity index (χ2n) is 8.44. The van der Waals surface area contributed by atoms with Crippen LogP contribution in [-0.4, -0.2) is 39.7 Å². The number of nitrogens with one attached hydrogen (secondary N) is 2. The number of rotatable bonds is 7. The van der Waals surface area contributed by atoms with Crippen molar-refractivity contribution in [1.29, 1.82) is 0 Å². The van der Waals surface area contributed by atoms with Crippen molar-refractivity contribution >= 4 is 50.4 Å². The molecule has 0 amide bonds. The minimum Gasteiger partial charge on any atom is -0.504 e. The van der Waals surface area contributed by atoms with Gasteiger partial charge in [0.05, 0.1) is 29.7 Å². The number of nitrogens with zero attached hydrogens (tertiary/aromatic N) is 3. The molecule has 4 heterocycles. The van der Waals surface area contributed by atoms with Crippen molar-refractivity contribution in [3.63, 3.8) is 0 Å². The van der Waals surface area contributed by atoms with E-state index in [0.717, 1.165) is 41.7 Å². The van der Waals surface area contributed by atoms with Crippen molar-refractivity contribution in [2.45, 2.75) is 43.9 Å². The fourth-order valence-electron chi connectivity index (χ4n) is 3.45. The van der Waals surface area contributed by atoms with Gasteiger partial charge in [-0.05, 0) is 30.4 Å². The molecule has 31 heavy (non-hydrogen) atoms. The lowest BCUT2D eigenvalue weighted by Crippen LogP contribution is -2.27. The Bertz CT molecular complexity index is 1130. The highest BCUT2D eigenvalue weighted by Crippen LogP contribution is 2.43. The van der Waals surface area contributed by atoms with E-state index in [-0.39, 0.29) is 27.1 Å². The van der Waals surface area contributed by atoms with Gasteiger partial charge in [-0.25, -0.2) is 8.42 Å². The summed E-state index contributed by atoms with van der Waals surface area (Å²) in [6.45, 7) is 7.21. The van der Waals surface area contributed by atoms with Crippen LogP contribution in [-0.2, 0) is 10.0 Å². The number of hydrogen-bond acceptors (Lipinski definition) is 10. The zero-order valence-corrected chi connectivity index (χ0v) is 19.9. The zero-order valence-electron chi connectivity index (χ0n) is 17.5. The summed E-state index contributed by atoms with van der Waals surface area (Å²) >= 11 is 2.01. The van der Waals surface area contributed by atoms with E-state index in [4.69, 9.17) is 4.42 Å². The molecule has 1 saturated heterocycles. The van der Waals surface area contributed by atoms with Gasteiger partial charge in [-0.1, -0.05) is 20.8 Å². The van der Waals surface area contributed by atoms with Crippen LogP contribution in [0.3, 0.4) is 0 Å². The molecule has 1 aliphatic rings. The summed E-state index contributed by atoms with van der Waals surface area (Å²) in [4.78, 5) is 0. The smallest absolute Gasteiger partial charge is 0.256 e. The van der Waals surface area contributed by atoms with E-state index in [1.54, 1.807) is 11.6 Å². The van der Waals surface area contributed by atoms with Gasteiger partial charge in [-0.2, -0.15) is 13.1 Å². The molecule has 0 bridgehead atoms. The van der Waals surface area contributed by atoms with Gasteiger partial charge in [0.25, 0.3) is 10.0 Å². The van der Waals surface area contributed by atoms with Crippen molar-refractivity contribution in [2.75, 3.05) is 23.7 Å². The minimum atomic E-state index is -3.71. The molecule has 0 saturated carbocycles. The van der Waals surface area contributed by atoms with Crippen LogP contribution in [0.4, 0.5) is 17.3 Å². The fourth-order valence-corrected chi connectivity index (χ4v) is 6.82. The first-order valence-corrected chi connectivity index (χ1v) is 12.9. The molecule has 0 unspecified atom stereocenters. The maximum absolute atomic E-state index is 12.8. The summed E-state index contributed by atoms with van der Waals surface area (Å²) in [6, 6.07) is 3.56. The molecule has 1 atom stereocenters. The van der Waals surface area contributed by atoms with Crippen LogP contribution in [0.25, 0.3) is 0 Å². The first-order chi connectivity index (χ1) is 14.7. The van der Waals surface area contributed by atoms with Crippen molar-refractivity contribution in [1.82, 2.24) is 13.1 Å². The highest BCUT2D eigenvalue weighted by atomic mass is 32.2. The molecular formula is C19H25N5O4S3. The molecular weight excluding hydrogens is 458 g/mol. The molecule has 168 valence electrons. The molecule has 12 heteroatoms. The predicted octanol–water partition coefficient (Wildman–Crippen LogP) is 4.63. The van der Waals surface area contributed by atoms with E-state index in [1.807, 2.05) is 12.1 Å². The Morgan fingerprint density at radius 1 is 1.23 bits per heavy atom. The van der Waals surface area contributed by atoms with Crippen molar-refractivity contribution in [3.8, 4) is 5.75 Å². The molecule has 3 N–H and O–H groups in total. The second-order valence-corrected chi connectivity index (χ2v) is 12.0. The zero-order chi connectivity index (χ0) is 22.2. The number of aromatic nitrogens is 2. The van der Waals surface area contributed by atoms with Crippen LogP contribution in [0, 0.1) is 5.41 Å². The molecule has 3 aromatic rings. The van der Waals surface area contributed by atoms with Crippen molar-refractivity contribution < 1.29 is 17.9 Å². The van der Waals surface area contributed by atoms with E-state index < -0.39 is 10.0 Å². The lowest BCUT2D eigenvalue weighted by atomic mass is 9.85. The maximum atomic E-state index is 12.8. The Balaban J connectivity index is 1.57. The van der Waals surface area contributed by atoms with Crippen LogP contribution in [0.5, 0.6) is 5.75 Å². The normalized spacial score (nSPS) is 16.5. The van der Waals surface area contributed by atoms with Gasteiger partial charge in [0.2, 0.25) is 0 Å². The Hall–Kier alpha value is -2.15. The van der Waals surface area contributed by atoms with E-state index >= 15 is 0 Å². The molecule has 0 aromatic carbocycles. The van der Waals surface area contributed by atoms with E-state index in [1.165, 1.54) is 4.31 Å².